The van der Waals surface area contributed by atoms with Crippen LogP contribution in [0.4, 0.5) is 17.1 Å². The monoisotopic (exact) mass is 349 g/mol. The minimum absolute atomic E-state index is 0.0197. The van der Waals surface area contributed by atoms with Gasteiger partial charge in [0.2, 0.25) is 0 Å². The molecular formula is C19H15N3O4. The first-order valence-corrected chi connectivity index (χ1v) is 7.75. The van der Waals surface area contributed by atoms with Gasteiger partial charge in [-0.1, -0.05) is 30.3 Å². The molecule has 2 N–H and O–H groups in total. The van der Waals surface area contributed by atoms with Gasteiger partial charge >= 0.3 is 0 Å². The van der Waals surface area contributed by atoms with Crippen molar-refractivity contribution in [2.75, 3.05) is 0 Å². The summed E-state index contributed by atoms with van der Waals surface area (Å²) in [7, 11) is 0. The number of fused-ring (bicyclic) bond motifs is 1. The van der Waals surface area contributed by atoms with Crippen molar-refractivity contribution in [2.24, 2.45) is 10.2 Å². The normalized spacial score (nSPS) is 11.1. The molecule has 7 heteroatoms. The molecule has 0 radical (unpaired) electrons. The van der Waals surface area contributed by atoms with E-state index in [2.05, 4.69) is 16.8 Å². The van der Waals surface area contributed by atoms with Crippen LogP contribution in [-0.4, -0.2) is 15.1 Å². The van der Waals surface area contributed by atoms with Crippen molar-refractivity contribution in [1.82, 2.24) is 0 Å². The second-order valence-electron chi connectivity index (χ2n) is 5.58. The first-order chi connectivity index (χ1) is 12.5. The zero-order valence-electron chi connectivity index (χ0n) is 13.7. The highest BCUT2D eigenvalue weighted by Crippen LogP contribution is 2.40. The number of azo groups is 1. The Morgan fingerprint density at radius 1 is 1.12 bits per heavy atom. The van der Waals surface area contributed by atoms with Gasteiger partial charge in [-0.2, -0.15) is 0 Å². The summed E-state index contributed by atoms with van der Waals surface area (Å²) in [6, 6.07) is 12.8. The summed E-state index contributed by atoms with van der Waals surface area (Å²) in [6.45, 7) is 3.68. The lowest BCUT2D eigenvalue weighted by Crippen LogP contribution is -1.86. The smallest absolute Gasteiger partial charge is 0.273 e. The van der Waals surface area contributed by atoms with Gasteiger partial charge in [0.1, 0.15) is 22.9 Å². The molecule has 0 aliphatic heterocycles. The maximum absolute atomic E-state index is 10.7. The Kier molecular flexibility index (Phi) is 4.62. The lowest BCUT2D eigenvalue weighted by molar-refractivity contribution is -0.384. The molecule has 0 saturated carbocycles. The van der Waals surface area contributed by atoms with Crippen molar-refractivity contribution in [3.05, 3.63) is 76.9 Å². The molecule has 0 aromatic heterocycles. The number of rotatable bonds is 5. The fraction of sp³-hybridized carbons (Fsp3) is 0.0526. The van der Waals surface area contributed by atoms with Gasteiger partial charge in [-0.25, -0.2) is 0 Å². The number of phenols is 2. The van der Waals surface area contributed by atoms with Gasteiger partial charge in [-0.3, -0.25) is 10.1 Å². The van der Waals surface area contributed by atoms with E-state index in [1.165, 1.54) is 12.1 Å². The molecule has 0 heterocycles. The number of non-ortho nitro benzene ring substituents is 1. The van der Waals surface area contributed by atoms with Crippen molar-refractivity contribution >= 4 is 27.8 Å². The molecule has 0 atom stereocenters. The van der Waals surface area contributed by atoms with E-state index in [-0.39, 0.29) is 28.6 Å². The standard InChI is InChI=1S/C19H15N3O4/c1-2-5-13-10-12-6-3-4-7-15(12)18(19(13)24)21-20-16-9-8-14(22(25)26)11-17(16)23/h2-4,6-11,23-24H,1,5H2. The maximum Gasteiger partial charge on any atom is 0.273 e. The van der Waals surface area contributed by atoms with E-state index in [0.717, 1.165) is 11.5 Å². The van der Waals surface area contributed by atoms with Gasteiger partial charge in [0.05, 0.1) is 11.0 Å². The number of hydrogen-bond acceptors (Lipinski definition) is 6. The minimum Gasteiger partial charge on any atom is -0.505 e. The van der Waals surface area contributed by atoms with E-state index >= 15 is 0 Å². The molecule has 0 fully saturated rings. The number of benzene rings is 3. The van der Waals surface area contributed by atoms with Gasteiger partial charge in [0, 0.05) is 17.0 Å². The van der Waals surface area contributed by atoms with E-state index in [1.54, 1.807) is 12.1 Å². The summed E-state index contributed by atoms with van der Waals surface area (Å²) < 4.78 is 0. The lowest BCUT2D eigenvalue weighted by atomic mass is 10.0. The largest absolute Gasteiger partial charge is 0.505 e. The van der Waals surface area contributed by atoms with Gasteiger partial charge in [-0.15, -0.1) is 16.8 Å². The maximum atomic E-state index is 10.7. The number of allylic oxidation sites excluding steroid dienone is 1. The third-order valence-electron chi connectivity index (χ3n) is 3.87. The fourth-order valence-corrected chi connectivity index (χ4v) is 2.60. The molecule has 0 spiro atoms. The number of nitrogens with zero attached hydrogens (tertiary/aromatic N) is 3. The molecule has 3 rings (SSSR count). The first kappa shape index (κ1) is 17.1. The highest BCUT2D eigenvalue weighted by molar-refractivity contribution is 5.96. The molecule has 0 aliphatic carbocycles. The van der Waals surface area contributed by atoms with Gasteiger partial charge < -0.3 is 10.2 Å². The Balaban J connectivity index is 2.10. The summed E-state index contributed by atoms with van der Waals surface area (Å²) in [5, 5.41) is 40.8. The summed E-state index contributed by atoms with van der Waals surface area (Å²) in [4.78, 5) is 10.1. The van der Waals surface area contributed by atoms with Crippen molar-refractivity contribution in [3.8, 4) is 11.5 Å². The SMILES string of the molecule is C=CCc1cc2ccccc2c(N=Nc2ccc([N+](=O)[O-])cc2O)c1O. The summed E-state index contributed by atoms with van der Waals surface area (Å²) >= 11 is 0. The van der Waals surface area contributed by atoms with Crippen LogP contribution < -0.4 is 0 Å². The average molecular weight is 349 g/mol. The quantitative estimate of drug-likeness (QED) is 0.282. The zero-order valence-corrected chi connectivity index (χ0v) is 13.7. The number of nitro groups is 1. The van der Waals surface area contributed by atoms with Crippen molar-refractivity contribution < 1.29 is 15.1 Å². The van der Waals surface area contributed by atoms with Crippen LogP contribution in [0.3, 0.4) is 0 Å². The number of hydrogen-bond donors (Lipinski definition) is 2. The van der Waals surface area contributed by atoms with Crippen LogP contribution in [0.1, 0.15) is 5.56 Å². The van der Waals surface area contributed by atoms with E-state index in [4.69, 9.17) is 0 Å². The molecule has 0 amide bonds. The van der Waals surface area contributed by atoms with Crippen LogP contribution in [0.25, 0.3) is 10.8 Å². The Bertz CT molecular complexity index is 1040. The summed E-state index contributed by atoms with van der Waals surface area (Å²) in [5.74, 6) is -0.386. The van der Waals surface area contributed by atoms with E-state index < -0.39 is 4.92 Å². The van der Waals surface area contributed by atoms with Crippen molar-refractivity contribution in [1.29, 1.82) is 0 Å². The van der Waals surface area contributed by atoms with Crippen LogP contribution in [-0.2, 0) is 6.42 Å². The molecule has 26 heavy (non-hydrogen) atoms. The highest BCUT2D eigenvalue weighted by Gasteiger charge is 2.13. The van der Waals surface area contributed by atoms with Crippen molar-refractivity contribution in [3.63, 3.8) is 0 Å². The van der Waals surface area contributed by atoms with E-state index in [1.807, 2.05) is 24.3 Å². The Labute approximate surface area is 148 Å². The molecule has 3 aromatic rings. The second-order valence-corrected chi connectivity index (χ2v) is 5.58. The lowest BCUT2D eigenvalue weighted by Gasteiger charge is -2.09. The number of aromatic hydroxyl groups is 2. The Hall–Kier alpha value is -3.74. The predicted octanol–water partition coefficient (Wildman–Crippen LogP) is 5.30. The van der Waals surface area contributed by atoms with Crippen LogP contribution in [0.2, 0.25) is 0 Å². The summed E-state index contributed by atoms with van der Waals surface area (Å²) in [5.41, 5.74) is 0.731. The Morgan fingerprint density at radius 2 is 1.88 bits per heavy atom. The zero-order chi connectivity index (χ0) is 18.7. The Morgan fingerprint density at radius 3 is 2.58 bits per heavy atom. The van der Waals surface area contributed by atoms with Gasteiger partial charge in [-0.05, 0) is 23.9 Å². The molecule has 0 unspecified atom stereocenters. The van der Waals surface area contributed by atoms with E-state index in [0.29, 0.717) is 17.4 Å². The molecular weight excluding hydrogens is 334 g/mol. The predicted molar refractivity (Wildman–Crippen MR) is 98.5 cm³/mol. The summed E-state index contributed by atoms with van der Waals surface area (Å²) in [6.07, 6.45) is 2.13. The van der Waals surface area contributed by atoms with Crippen LogP contribution >= 0.6 is 0 Å². The van der Waals surface area contributed by atoms with Crippen LogP contribution in [0.5, 0.6) is 11.5 Å². The average Bonchev–Trinajstić information content (AvgIpc) is 2.63. The van der Waals surface area contributed by atoms with Crippen LogP contribution in [0.15, 0.2) is 71.4 Å². The number of phenolic OH excluding ortho intramolecular Hbond substituents is 2. The third kappa shape index (κ3) is 3.23. The molecule has 0 aliphatic rings. The number of nitro benzene ring substituents is 1. The molecule has 0 bridgehead atoms. The highest BCUT2D eigenvalue weighted by atomic mass is 16.6. The topological polar surface area (TPSA) is 108 Å². The first-order valence-electron chi connectivity index (χ1n) is 7.75. The van der Waals surface area contributed by atoms with Gasteiger partial charge in [0.15, 0.2) is 0 Å². The van der Waals surface area contributed by atoms with E-state index in [9.17, 15) is 20.3 Å². The molecule has 7 nitrogen and oxygen atoms in total. The molecule has 0 saturated heterocycles. The van der Waals surface area contributed by atoms with Crippen LogP contribution in [0, 0.1) is 10.1 Å². The van der Waals surface area contributed by atoms with Crippen molar-refractivity contribution in [2.45, 2.75) is 6.42 Å². The third-order valence-corrected chi connectivity index (χ3v) is 3.87. The van der Waals surface area contributed by atoms with Gasteiger partial charge in [0.25, 0.3) is 5.69 Å². The molecule has 3 aromatic carbocycles. The minimum atomic E-state index is -0.612. The second kappa shape index (κ2) is 7.02. The molecule has 130 valence electrons. The fourth-order valence-electron chi connectivity index (χ4n) is 2.60.